The Balaban J connectivity index is 0.000000180. The summed E-state index contributed by atoms with van der Waals surface area (Å²) in [6, 6.07) is 9.24. The van der Waals surface area contributed by atoms with Crippen molar-refractivity contribution in [3.05, 3.63) is 89.0 Å². The first-order valence-electron chi connectivity index (χ1n) is 16.4. The SMILES string of the molecule is O=C1NCCc2cc(Br)cc(F)c21.[2H]C([2H])([2H])Oc1cc(Br)cc2c1C(=O)N(CC(F)(F)F)CC2.[2H]C([2H])([2H])Oc1cc(Br)cc2c1C(=O)NCC2. The molecule has 0 fully saturated rings. The summed E-state index contributed by atoms with van der Waals surface area (Å²) in [6.45, 7) is -0.333. The van der Waals surface area contributed by atoms with Crippen LogP contribution in [0.2, 0.25) is 0 Å². The van der Waals surface area contributed by atoms with Crippen LogP contribution in [-0.4, -0.2) is 69.1 Å². The second kappa shape index (κ2) is 15.2. The van der Waals surface area contributed by atoms with Crippen LogP contribution in [0.4, 0.5) is 17.6 Å². The highest BCUT2D eigenvalue weighted by molar-refractivity contribution is 9.11. The smallest absolute Gasteiger partial charge is 0.406 e. The lowest BCUT2D eigenvalue weighted by molar-refractivity contribution is -0.141. The van der Waals surface area contributed by atoms with Gasteiger partial charge in [0.05, 0.1) is 39.0 Å². The van der Waals surface area contributed by atoms with Gasteiger partial charge < -0.3 is 25.0 Å². The van der Waals surface area contributed by atoms with E-state index < -0.39 is 38.5 Å². The molecular formula is C31H28Br3F4N3O5. The van der Waals surface area contributed by atoms with Crippen molar-refractivity contribution in [3.63, 3.8) is 0 Å². The lowest BCUT2D eigenvalue weighted by Crippen LogP contribution is -2.43. The normalized spacial score (nSPS) is 17.5. The van der Waals surface area contributed by atoms with Gasteiger partial charge in [-0.3, -0.25) is 14.4 Å². The summed E-state index contributed by atoms with van der Waals surface area (Å²) >= 11 is 9.63. The summed E-state index contributed by atoms with van der Waals surface area (Å²) in [5.74, 6) is -2.11. The van der Waals surface area contributed by atoms with Crippen LogP contribution in [0.3, 0.4) is 0 Å². The first kappa shape index (κ1) is 27.9. The molecule has 0 spiro atoms. The first-order valence-corrected chi connectivity index (χ1v) is 15.8. The Morgan fingerprint density at radius 2 is 1.24 bits per heavy atom. The summed E-state index contributed by atoms with van der Waals surface area (Å²) < 4.78 is 105. The number of fused-ring (bicyclic) bond motifs is 3. The molecule has 6 rings (SSSR count). The van der Waals surface area contributed by atoms with Gasteiger partial charge in [-0.25, -0.2) is 4.39 Å². The van der Waals surface area contributed by atoms with Gasteiger partial charge in [0.25, 0.3) is 17.7 Å². The van der Waals surface area contributed by atoms with Crippen molar-refractivity contribution >= 4 is 65.5 Å². The molecule has 46 heavy (non-hydrogen) atoms. The first-order chi connectivity index (χ1) is 24.0. The summed E-state index contributed by atoms with van der Waals surface area (Å²) in [6.07, 6.45) is -2.98. The number of carbonyl (C=O) groups excluding carboxylic acids is 3. The van der Waals surface area contributed by atoms with Crippen LogP contribution >= 0.6 is 47.8 Å². The Morgan fingerprint density at radius 1 is 0.761 bits per heavy atom. The van der Waals surface area contributed by atoms with Crippen LogP contribution in [-0.2, 0) is 19.3 Å². The number of hydrogen-bond donors (Lipinski definition) is 2. The lowest BCUT2D eigenvalue weighted by Gasteiger charge is -2.30. The van der Waals surface area contributed by atoms with E-state index >= 15 is 0 Å². The van der Waals surface area contributed by atoms with Crippen molar-refractivity contribution in [2.24, 2.45) is 0 Å². The van der Waals surface area contributed by atoms with E-state index in [1.165, 1.54) is 18.2 Å². The Kier molecular flexibility index (Phi) is 9.19. The fourth-order valence-electron chi connectivity index (χ4n) is 5.09. The van der Waals surface area contributed by atoms with Crippen LogP contribution < -0.4 is 20.1 Å². The standard InChI is InChI=1S/C12H11BrF3NO2.C10H10BrNO2.C9H7BrFNO/c1-19-9-5-8(13)4-7-2-3-17(6-12(14,15)16)11(18)10(7)9;1-14-8-5-7(11)4-6-2-3-12-10(13)9(6)8;10-6-3-5-1-2-12-9(13)8(5)7(11)4-6/h4-5H,2-3,6H2,1H3;4-5H,2-3H2,1H3,(H,12,13);3-4H,1-2H2,(H,12,13)/i2*1D3;. The number of carbonyl (C=O) groups is 3. The number of ether oxygens (including phenoxy) is 2. The number of nitrogens with one attached hydrogen (secondary N) is 2. The molecular weight excluding hydrogens is 810 g/mol. The third kappa shape index (κ3) is 8.59. The zero-order chi connectivity index (χ0) is 38.8. The maximum Gasteiger partial charge on any atom is 0.406 e. The average Bonchev–Trinajstić information content (AvgIpc) is 2.96. The molecule has 0 saturated carbocycles. The maximum atomic E-state index is 13.3. The van der Waals surface area contributed by atoms with Gasteiger partial charge in [0, 0.05) is 33.1 Å². The fraction of sp³-hybridized carbons (Fsp3) is 0.323. The maximum absolute atomic E-state index is 13.3. The molecule has 0 radical (unpaired) electrons. The Labute approximate surface area is 296 Å². The van der Waals surface area contributed by atoms with Crippen molar-refractivity contribution in [3.8, 4) is 11.5 Å². The van der Waals surface area contributed by atoms with Gasteiger partial charge in [-0.05, 0) is 72.4 Å². The van der Waals surface area contributed by atoms with Crippen molar-refractivity contribution in [1.82, 2.24) is 15.5 Å². The molecule has 3 aliphatic rings. The van der Waals surface area contributed by atoms with Crippen molar-refractivity contribution in [1.29, 1.82) is 0 Å². The quantitative estimate of drug-likeness (QED) is 0.289. The Bertz CT molecular complexity index is 1880. The number of benzene rings is 3. The number of halogens is 7. The minimum atomic E-state index is -4.52. The zero-order valence-electron chi connectivity index (χ0n) is 29.5. The molecule has 0 aromatic heterocycles. The predicted octanol–water partition coefficient (Wildman–Crippen LogP) is 6.64. The van der Waals surface area contributed by atoms with Crippen molar-refractivity contribution in [2.75, 3.05) is 40.3 Å². The molecule has 246 valence electrons. The lowest BCUT2D eigenvalue weighted by atomic mass is 9.98. The highest BCUT2D eigenvalue weighted by Gasteiger charge is 2.37. The third-order valence-electron chi connectivity index (χ3n) is 6.99. The van der Waals surface area contributed by atoms with Crippen molar-refractivity contribution in [2.45, 2.75) is 25.4 Å². The molecule has 15 heteroatoms. The molecule has 0 unspecified atom stereocenters. The highest BCUT2D eigenvalue weighted by atomic mass is 79.9. The zero-order valence-corrected chi connectivity index (χ0v) is 28.3. The average molecular weight is 844 g/mol. The monoisotopic (exact) mass is 841 g/mol. The topological polar surface area (TPSA) is 97.0 Å². The van der Waals surface area contributed by atoms with E-state index in [4.69, 9.17) is 17.7 Å². The molecule has 2 N–H and O–H groups in total. The minimum Gasteiger partial charge on any atom is -0.496 e. The molecule has 8 nitrogen and oxygen atoms in total. The second-order valence-electron chi connectivity index (χ2n) is 10.1. The number of hydrogen-bond acceptors (Lipinski definition) is 5. The van der Waals surface area contributed by atoms with E-state index in [0.717, 1.165) is 11.1 Å². The molecule has 3 amide bonds. The number of amides is 3. The number of nitrogens with zero attached hydrogens (tertiary/aromatic N) is 1. The van der Waals surface area contributed by atoms with E-state index in [0.29, 0.717) is 55.4 Å². The van der Waals surface area contributed by atoms with Crippen LogP contribution in [0.1, 0.15) is 56.0 Å². The van der Waals surface area contributed by atoms with Gasteiger partial charge >= 0.3 is 6.18 Å². The molecule has 3 aliphatic heterocycles. The van der Waals surface area contributed by atoms with Gasteiger partial charge in [0.2, 0.25) is 0 Å². The molecule has 3 aromatic carbocycles. The van der Waals surface area contributed by atoms with E-state index in [1.54, 1.807) is 18.2 Å². The number of rotatable bonds is 3. The Morgan fingerprint density at radius 3 is 1.78 bits per heavy atom. The van der Waals surface area contributed by atoms with Crippen LogP contribution in [0.15, 0.2) is 49.8 Å². The molecule has 0 aliphatic carbocycles. The van der Waals surface area contributed by atoms with E-state index in [1.807, 2.05) is 0 Å². The van der Waals surface area contributed by atoms with Gasteiger partial charge in [0.1, 0.15) is 23.9 Å². The van der Waals surface area contributed by atoms with Crippen LogP contribution in [0.25, 0.3) is 0 Å². The minimum absolute atomic E-state index is 0.0883. The summed E-state index contributed by atoms with van der Waals surface area (Å²) in [7, 11) is -5.37. The van der Waals surface area contributed by atoms with Crippen LogP contribution in [0, 0.1) is 5.82 Å². The third-order valence-corrected chi connectivity index (χ3v) is 8.36. The molecule has 0 saturated heterocycles. The van der Waals surface area contributed by atoms with Gasteiger partial charge in [0.15, 0.2) is 0 Å². The van der Waals surface area contributed by atoms with Gasteiger partial charge in [-0.1, -0.05) is 47.8 Å². The largest absolute Gasteiger partial charge is 0.496 e. The van der Waals surface area contributed by atoms with Crippen LogP contribution in [0.5, 0.6) is 11.5 Å². The molecule has 0 bridgehead atoms. The summed E-state index contributed by atoms with van der Waals surface area (Å²) in [4.78, 5) is 35.9. The van der Waals surface area contributed by atoms with Gasteiger partial charge in [-0.2, -0.15) is 13.2 Å². The molecule has 3 heterocycles. The fourth-order valence-corrected chi connectivity index (χ4v) is 6.53. The van der Waals surface area contributed by atoms with Crippen molar-refractivity contribution < 1.29 is 49.6 Å². The predicted molar refractivity (Wildman–Crippen MR) is 173 cm³/mol. The van der Waals surface area contributed by atoms with E-state index in [9.17, 15) is 31.9 Å². The van der Waals surface area contributed by atoms with E-state index in [2.05, 4.69) is 58.4 Å². The van der Waals surface area contributed by atoms with E-state index in [-0.39, 0.29) is 47.4 Å². The molecule has 3 aromatic rings. The summed E-state index contributed by atoms with van der Waals surface area (Å²) in [5, 5.41) is 5.27. The second-order valence-corrected chi connectivity index (χ2v) is 12.9. The Hall–Kier alpha value is -3.17. The van der Waals surface area contributed by atoms with Gasteiger partial charge in [-0.15, -0.1) is 0 Å². The summed E-state index contributed by atoms with van der Waals surface area (Å²) in [5.41, 5.74) is 2.40. The highest BCUT2D eigenvalue weighted by Crippen LogP contribution is 2.33. The number of methoxy groups -OCH3 is 2. The number of alkyl halides is 3. The molecule has 0 atom stereocenters.